The number of carbonyl (C=O) groups is 1. The van der Waals surface area contributed by atoms with Gasteiger partial charge in [-0.2, -0.15) is 0 Å². The molecule has 4 heteroatoms. The molecule has 0 aromatic heterocycles. The summed E-state index contributed by atoms with van der Waals surface area (Å²) in [7, 11) is 1.25. The van der Waals surface area contributed by atoms with Crippen LogP contribution >= 0.6 is 0 Å². The van der Waals surface area contributed by atoms with Gasteiger partial charge in [0.2, 0.25) is 5.76 Å². The van der Waals surface area contributed by atoms with Crippen LogP contribution in [0.4, 0.5) is 0 Å². The van der Waals surface area contributed by atoms with E-state index in [4.69, 9.17) is 9.84 Å². The first-order valence-electron chi connectivity index (χ1n) is 7.36. The highest BCUT2D eigenvalue weighted by Crippen LogP contribution is 2.35. The lowest BCUT2D eigenvalue weighted by Crippen LogP contribution is -2.12. The SMILES string of the molecule is COC(=O)/C(=C\O)Oc1cc(C2CCCCC2)ccc1C. The van der Waals surface area contributed by atoms with Crippen molar-refractivity contribution in [3.05, 3.63) is 41.3 Å². The standard InChI is InChI=1S/C17H22O4/c1-12-8-9-14(13-6-4-3-5-7-13)10-15(12)21-16(11-18)17(19)20-2/h8-11,13,18H,3-7H2,1-2H3/b16-11+. The molecule has 1 aromatic carbocycles. The van der Waals surface area contributed by atoms with E-state index in [-0.39, 0.29) is 5.76 Å². The van der Waals surface area contributed by atoms with Crippen molar-refractivity contribution in [2.45, 2.75) is 44.9 Å². The van der Waals surface area contributed by atoms with Crippen molar-refractivity contribution in [2.75, 3.05) is 7.11 Å². The third kappa shape index (κ3) is 3.78. The van der Waals surface area contributed by atoms with Gasteiger partial charge in [0.05, 0.1) is 7.11 Å². The molecule has 1 aliphatic rings. The van der Waals surface area contributed by atoms with E-state index in [9.17, 15) is 4.79 Å². The topological polar surface area (TPSA) is 55.8 Å². The van der Waals surface area contributed by atoms with Crippen LogP contribution in [0, 0.1) is 6.92 Å². The molecule has 0 aliphatic heterocycles. The Morgan fingerprint density at radius 1 is 1.29 bits per heavy atom. The van der Waals surface area contributed by atoms with E-state index in [0.717, 1.165) is 5.56 Å². The maximum Gasteiger partial charge on any atom is 0.377 e. The maximum atomic E-state index is 11.5. The molecule has 0 amide bonds. The molecular weight excluding hydrogens is 268 g/mol. The lowest BCUT2D eigenvalue weighted by Gasteiger charge is -2.23. The molecule has 4 nitrogen and oxygen atoms in total. The van der Waals surface area contributed by atoms with Crippen molar-refractivity contribution in [1.82, 2.24) is 0 Å². The maximum absolute atomic E-state index is 11.5. The third-order valence-electron chi connectivity index (χ3n) is 4.01. The molecule has 1 saturated carbocycles. The van der Waals surface area contributed by atoms with Crippen LogP contribution < -0.4 is 4.74 Å². The Balaban J connectivity index is 2.20. The molecule has 1 aliphatic carbocycles. The van der Waals surface area contributed by atoms with E-state index in [1.54, 1.807) is 0 Å². The minimum atomic E-state index is -0.694. The van der Waals surface area contributed by atoms with Gasteiger partial charge in [-0.05, 0) is 42.9 Å². The molecule has 21 heavy (non-hydrogen) atoms. The Kier molecular flexibility index (Phi) is 5.26. The van der Waals surface area contributed by atoms with E-state index in [2.05, 4.69) is 10.8 Å². The number of carbonyl (C=O) groups excluding carboxylic acids is 1. The molecule has 114 valence electrons. The van der Waals surface area contributed by atoms with E-state index >= 15 is 0 Å². The number of rotatable bonds is 4. The largest absolute Gasteiger partial charge is 0.511 e. The van der Waals surface area contributed by atoms with Crippen molar-refractivity contribution in [3.8, 4) is 5.75 Å². The van der Waals surface area contributed by atoms with Gasteiger partial charge in [0.1, 0.15) is 12.0 Å². The summed E-state index contributed by atoms with van der Waals surface area (Å²) in [6, 6.07) is 6.09. The summed E-state index contributed by atoms with van der Waals surface area (Å²) < 4.78 is 10.1. The number of benzene rings is 1. The first-order valence-corrected chi connectivity index (χ1v) is 7.36. The Bertz CT molecular complexity index is 528. The summed E-state index contributed by atoms with van der Waals surface area (Å²) in [6.07, 6.45) is 6.87. The van der Waals surface area contributed by atoms with Crippen LogP contribution in [-0.2, 0) is 9.53 Å². The second-order valence-corrected chi connectivity index (χ2v) is 5.45. The van der Waals surface area contributed by atoms with Crippen molar-refractivity contribution in [3.63, 3.8) is 0 Å². The molecule has 1 N–H and O–H groups in total. The number of aryl methyl sites for hydroxylation is 1. The molecule has 2 rings (SSSR count). The number of hydrogen-bond donors (Lipinski definition) is 1. The smallest absolute Gasteiger partial charge is 0.377 e. The van der Waals surface area contributed by atoms with Gasteiger partial charge in [0.15, 0.2) is 0 Å². The lowest BCUT2D eigenvalue weighted by molar-refractivity contribution is -0.138. The van der Waals surface area contributed by atoms with Gasteiger partial charge in [-0.3, -0.25) is 0 Å². The summed E-state index contributed by atoms with van der Waals surface area (Å²) >= 11 is 0. The van der Waals surface area contributed by atoms with Gasteiger partial charge in [0, 0.05) is 0 Å². The number of esters is 1. The minimum absolute atomic E-state index is 0.207. The highest BCUT2D eigenvalue weighted by atomic mass is 16.6. The van der Waals surface area contributed by atoms with Crippen molar-refractivity contribution < 1.29 is 19.4 Å². The molecule has 0 heterocycles. The van der Waals surface area contributed by atoms with Crippen LogP contribution in [0.3, 0.4) is 0 Å². The predicted octanol–water partition coefficient (Wildman–Crippen LogP) is 3.99. The fourth-order valence-electron chi connectivity index (χ4n) is 2.76. The van der Waals surface area contributed by atoms with Crippen LogP contribution in [0.25, 0.3) is 0 Å². The molecule has 0 bridgehead atoms. The van der Waals surface area contributed by atoms with Gasteiger partial charge in [-0.1, -0.05) is 31.4 Å². The van der Waals surface area contributed by atoms with Gasteiger partial charge in [0.25, 0.3) is 0 Å². The van der Waals surface area contributed by atoms with E-state index in [1.807, 2.05) is 19.1 Å². The molecule has 0 atom stereocenters. The summed E-state index contributed by atoms with van der Waals surface area (Å²) in [6.45, 7) is 1.91. The number of aliphatic hydroxyl groups excluding tert-OH is 1. The summed E-state index contributed by atoms with van der Waals surface area (Å²) in [5.74, 6) is 0.242. The molecule has 0 spiro atoms. The van der Waals surface area contributed by atoms with Crippen LogP contribution in [0.1, 0.15) is 49.1 Å². The Morgan fingerprint density at radius 2 is 2.00 bits per heavy atom. The van der Waals surface area contributed by atoms with Gasteiger partial charge in [-0.25, -0.2) is 4.79 Å². The van der Waals surface area contributed by atoms with Crippen molar-refractivity contribution >= 4 is 5.97 Å². The summed E-state index contributed by atoms with van der Waals surface area (Å²) in [4.78, 5) is 11.5. The molecule has 1 fully saturated rings. The number of ether oxygens (including phenoxy) is 2. The van der Waals surface area contributed by atoms with E-state index in [1.165, 1.54) is 44.8 Å². The number of hydrogen-bond acceptors (Lipinski definition) is 4. The number of methoxy groups -OCH3 is 1. The second kappa shape index (κ2) is 7.16. The van der Waals surface area contributed by atoms with Gasteiger partial charge >= 0.3 is 5.97 Å². The van der Waals surface area contributed by atoms with E-state index in [0.29, 0.717) is 17.9 Å². The first kappa shape index (κ1) is 15.4. The average molecular weight is 290 g/mol. The molecule has 0 radical (unpaired) electrons. The van der Waals surface area contributed by atoms with Crippen LogP contribution in [-0.4, -0.2) is 18.2 Å². The molecule has 0 saturated heterocycles. The Hall–Kier alpha value is -1.97. The summed E-state index contributed by atoms with van der Waals surface area (Å²) in [5.41, 5.74) is 2.15. The normalized spacial score (nSPS) is 16.6. The minimum Gasteiger partial charge on any atom is -0.511 e. The quantitative estimate of drug-likeness (QED) is 0.517. The van der Waals surface area contributed by atoms with Crippen LogP contribution in [0.5, 0.6) is 5.75 Å². The Labute approximate surface area is 125 Å². The summed E-state index contributed by atoms with van der Waals surface area (Å²) in [5, 5.41) is 9.11. The predicted molar refractivity (Wildman–Crippen MR) is 80.4 cm³/mol. The second-order valence-electron chi connectivity index (χ2n) is 5.45. The highest BCUT2D eigenvalue weighted by Gasteiger charge is 2.18. The van der Waals surface area contributed by atoms with Gasteiger partial charge < -0.3 is 14.6 Å². The first-order chi connectivity index (χ1) is 10.2. The average Bonchev–Trinajstić information content (AvgIpc) is 2.54. The molecular formula is C17H22O4. The molecule has 0 unspecified atom stereocenters. The lowest BCUT2D eigenvalue weighted by atomic mass is 9.84. The van der Waals surface area contributed by atoms with E-state index < -0.39 is 5.97 Å². The monoisotopic (exact) mass is 290 g/mol. The fourth-order valence-corrected chi connectivity index (χ4v) is 2.76. The zero-order valence-electron chi connectivity index (χ0n) is 12.6. The Morgan fingerprint density at radius 3 is 2.62 bits per heavy atom. The molecule has 1 aromatic rings. The van der Waals surface area contributed by atoms with Gasteiger partial charge in [-0.15, -0.1) is 0 Å². The zero-order chi connectivity index (χ0) is 15.2. The third-order valence-corrected chi connectivity index (χ3v) is 4.01. The fraction of sp³-hybridized carbons (Fsp3) is 0.471. The van der Waals surface area contributed by atoms with Crippen molar-refractivity contribution in [2.24, 2.45) is 0 Å². The van der Waals surface area contributed by atoms with Crippen LogP contribution in [0.2, 0.25) is 0 Å². The zero-order valence-corrected chi connectivity index (χ0v) is 12.6. The van der Waals surface area contributed by atoms with Crippen molar-refractivity contribution in [1.29, 1.82) is 0 Å². The van der Waals surface area contributed by atoms with Crippen LogP contribution in [0.15, 0.2) is 30.2 Å². The number of aliphatic hydroxyl groups is 1. The highest BCUT2D eigenvalue weighted by molar-refractivity contribution is 5.86.